The third-order valence-corrected chi connectivity index (χ3v) is 5.80. The molecule has 1 saturated carbocycles. The molecule has 1 atom stereocenters. The lowest BCUT2D eigenvalue weighted by Gasteiger charge is -2.25. The van der Waals surface area contributed by atoms with Gasteiger partial charge >= 0.3 is 0 Å². The summed E-state index contributed by atoms with van der Waals surface area (Å²) in [5.74, 6) is 0. The third-order valence-electron chi connectivity index (χ3n) is 4.41. The van der Waals surface area contributed by atoms with Crippen LogP contribution >= 0.6 is 11.3 Å². The molecule has 0 amide bonds. The van der Waals surface area contributed by atoms with Gasteiger partial charge in [-0.3, -0.25) is 4.98 Å². The number of nitrogens with one attached hydrogen (secondary N) is 1. The average molecular weight is 317 g/mol. The molecule has 3 rings (SSSR count). The molecule has 5 heteroatoms. The normalized spacial score (nSPS) is 18.5. The van der Waals surface area contributed by atoms with Gasteiger partial charge in [-0.25, -0.2) is 4.98 Å². The lowest BCUT2D eigenvalue weighted by molar-refractivity contribution is 0.0454. The third kappa shape index (κ3) is 3.37. The van der Waals surface area contributed by atoms with Gasteiger partial charge < -0.3 is 10.4 Å². The van der Waals surface area contributed by atoms with Crippen molar-refractivity contribution in [2.45, 2.75) is 51.2 Å². The van der Waals surface area contributed by atoms with Crippen LogP contribution in [-0.4, -0.2) is 27.2 Å². The van der Waals surface area contributed by atoms with Crippen molar-refractivity contribution in [3.8, 4) is 10.6 Å². The number of hydrogen-bond acceptors (Lipinski definition) is 5. The molecule has 2 aromatic heterocycles. The number of aryl methyl sites for hydroxylation is 1. The smallest absolute Gasteiger partial charge is 0.125 e. The minimum absolute atomic E-state index is 0.201. The maximum Gasteiger partial charge on any atom is 0.125 e. The fraction of sp³-hybridized carbons (Fsp3) is 0.529. The van der Waals surface area contributed by atoms with Gasteiger partial charge in [0.2, 0.25) is 0 Å². The Morgan fingerprint density at radius 2 is 2.18 bits per heavy atom. The van der Waals surface area contributed by atoms with Crippen LogP contribution in [0.15, 0.2) is 24.5 Å². The Balaban J connectivity index is 1.70. The first-order valence-corrected chi connectivity index (χ1v) is 8.72. The minimum atomic E-state index is -0.515. The molecule has 0 saturated heterocycles. The second-order valence-corrected chi connectivity index (χ2v) is 7.28. The summed E-state index contributed by atoms with van der Waals surface area (Å²) in [6.07, 6.45) is 7.72. The minimum Gasteiger partial charge on any atom is -0.389 e. The van der Waals surface area contributed by atoms with Crippen molar-refractivity contribution >= 4 is 11.3 Å². The van der Waals surface area contributed by atoms with Crippen molar-refractivity contribution in [2.24, 2.45) is 0 Å². The first-order valence-electron chi connectivity index (χ1n) is 7.91. The molecule has 1 aliphatic rings. The first kappa shape index (κ1) is 15.6. The number of aromatic nitrogens is 2. The average Bonchev–Trinajstić information content (AvgIpc) is 3.13. The quantitative estimate of drug-likeness (QED) is 0.886. The van der Waals surface area contributed by atoms with E-state index in [1.165, 1.54) is 4.88 Å². The van der Waals surface area contributed by atoms with Crippen LogP contribution in [0.25, 0.3) is 10.6 Å². The summed E-state index contributed by atoms with van der Waals surface area (Å²) >= 11 is 1.71. The van der Waals surface area contributed by atoms with Gasteiger partial charge in [0.25, 0.3) is 0 Å². The van der Waals surface area contributed by atoms with Crippen molar-refractivity contribution in [1.82, 2.24) is 15.3 Å². The number of aliphatic hydroxyl groups is 1. The molecule has 1 unspecified atom stereocenters. The summed E-state index contributed by atoms with van der Waals surface area (Å²) in [5, 5.41) is 15.0. The van der Waals surface area contributed by atoms with E-state index >= 15 is 0 Å². The Hall–Kier alpha value is -1.30. The predicted octanol–water partition coefficient (Wildman–Crippen LogP) is 3.47. The molecule has 0 radical (unpaired) electrons. The van der Waals surface area contributed by atoms with Gasteiger partial charge in [0.1, 0.15) is 5.01 Å². The second-order valence-electron chi connectivity index (χ2n) is 6.24. The molecular formula is C17H23N3OS. The zero-order valence-corrected chi connectivity index (χ0v) is 14.0. The molecular weight excluding hydrogens is 294 g/mol. The van der Waals surface area contributed by atoms with E-state index < -0.39 is 5.60 Å². The van der Waals surface area contributed by atoms with E-state index in [1.807, 2.05) is 25.3 Å². The number of rotatable bonds is 5. The van der Waals surface area contributed by atoms with E-state index in [9.17, 15) is 5.11 Å². The maximum absolute atomic E-state index is 10.5. The van der Waals surface area contributed by atoms with Crippen LogP contribution in [0.1, 0.15) is 49.2 Å². The number of hydrogen-bond donors (Lipinski definition) is 2. The molecule has 2 N–H and O–H groups in total. The van der Waals surface area contributed by atoms with E-state index in [2.05, 4.69) is 22.2 Å². The van der Waals surface area contributed by atoms with Gasteiger partial charge in [-0.1, -0.05) is 12.8 Å². The van der Waals surface area contributed by atoms with Gasteiger partial charge in [-0.15, -0.1) is 11.3 Å². The van der Waals surface area contributed by atoms with Crippen LogP contribution in [0, 0.1) is 6.92 Å². The van der Waals surface area contributed by atoms with Gasteiger partial charge in [0.15, 0.2) is 0 Å². The molecule has 0 aliphatic heterocycles. The topological polar surface area (TPSA) is 58.0 Å². The molecule has 22 heavy (non-hydrogen) atoms. The van der Waals surface area contributed by atoms with Crippen molar-refractivity contribution in [3.05, 3.63) is 35.1 Å². The Morgan fingerprint density at radius 3 is 2.86 bits per heavy atom. The zero-order valence-electron chi connectivity index (χ0n) is 13.2. The highest BCUT2D eigenvalue weighted by Crippen LogP contribution is 2.33. The highest BCUT2D eigenvalue weighted by atomic mass is 32.1. The van der Waals surface area contributed by atoms with Crippen LogP contribution in [0.5, 0.6) is 0 Å². The SMILES string of the molecule is Cc1nc(-c2cccnc2)sc1C(C)NCC1(O)CCCC1. The molecule has 0 aromatic carbocycles. The molecule has 0 spiro atoms. The van der Waals surface area contributed by atoms with Crippen LogP contribution in [-0.2, 0) is 0 Å². The van der Waals surface area contributed by atoms with Crippen LogP contribution in [0.4, 0.5) is 0 Å². The molecule has 1 aliphatic carbocycles. The summed E-state index contributed by atoms with van der Waals surface area (Å²) < 4.78 is 0. The van der Waals surface area contributed by atoms with Gasteiger partial charge in [0, 0.05) is 35.4 Å². The van der Waals surface area contributed by atoms with Gasteiger partial charge in [-0.05, 0) is 38.8 Å². The molecule has 2 heterocycles. The predicted molar refractivity (Wildman–Crippen MR) is 89.9 cm³/mol. The summed E-state index contributed by atoms with van der Waals surface area (Å²) in [7, 11) is 0. The van der Waals surface area contributed by atoms with Gasteiger partial charge in [0.05, 0.1) is 11.3 Å². The van der Waals surface area contributed by atoms with Crippen LogP contribution < -0.4 is 5.32 Å². The van der Waals surface area contributed by atoms with Crippen molar-refractivity contribution in [3.63, 3.8) is 0 Å². The molecule has 118 valence electrons. The molecule has 2 aromatic rings. The highest BCUT2D eigenvalue weighted by Gasteiger charge is 2.31. The lowest BCUT2D eigenvalue weighted by atomic mass is 10.0. The van der Waals surface area contributed by atoms with Crippen molar-refractivity contribution < 1.29 is 5.11 Å². The Kier molecular flexibility index (Phi) is 4.57. The Bertz CT molecular complexity index is 620. The number of pyridine rings is 1. The second kappa shape index (κ2) is 6.44. The zero-order chi connectivity index (χ0) is 15.6. The molecule has 1 fully saturated rings. The Labute approximate surface area is 135 Å². The van der Waals surface area contributed by atoms with E-state index in [0.717, 1.165) is 41.9 Å². The Morgan fingerprint density at radius 1 is 1.41 bits per heavy atom. The summed E-state index contributed by atoms with van der Waals surface area (Å²) in [6, 6.07) is 4.17. The van der Waals surface area contributed by atoms with Crippen LogP contribution in [0.3, 0.4) is 0 Å². The number of nitrogens with zero attached hydrogens (tertiary/aromatic N) is 2. The number of thiazole rings is 1. The van der Waals surface area contributed by atoms with Gasteiger partial charge in [-0.2, -0.15) is 0 Å². The standard InChI is InChI=1S/C17H23N3OS/c1-12(19-11-17(21)7-3-4-8-17)15-13(2)20-16(22-15)14-6-5-9-18-10-14/h5-6,9-10,12,19,21H,3-4,7-8,11H2,1-2H3. The largest absolute Gasteiger partial charge is 0.389 e. The summed E-state index contributed by atoms with van der Waals surface area (Å²) in [5.41, 5.74) is 1.60. The van der Waals surface area contributed by atoms with Crippen LogP contribution in [0.2, 0.25) is 0 Å². The highest BCUT2D eigenvalue weighted by molar-refractivity contribution is 7.15. The molecule has 4 nitrogen and oxygen atoms in total. The first-order chi connectivity index (χ1) is 10.6. The lowest BCUT2D eigenvalue weighted by Crippen LogP contribution is -2.38. The van der Waals surface area contributed by atoms with E-state index in [4.69, 9.17) is 0 Å². The maximum atomic E-state index is 10.5. The van der Waals surface area contributed by atoms with E-state index in [-0.39, 0.29) is 6.04 Å². The summed E-state index contributed by atoms with van der Waals surface area (Å²) in [4.78, 5) is 10.1. The molecule has 0 bridgehead atoms. The van der Waals surface area contributed by atoms with Crippen molar-refractivity contribution in [1.29, 1.82) is 0 Å². The monoisotopic (exact) mass is 317 g/mol. The summed E-state index contributed by atoms with van der Waals surface area (Å²) in [6.45, 7) is 4.85. The fourth-order valence-electron chi connectivity index (χ4n) is 3.07. The van der Waals surface area contributed by atoms with Crippen molar-refractivity contribution in [2.75, 3.05) is 6.54 Å². The van der Waals surface area contributed by atoms with E-state index in [1.54, 1.807) is 17.5 Å². The van der Waals surface area contributed by atoms with E-state index in [0.29, 0.717) is 6.54 Å². The fourth-order valence-corrected chi connectivity index (χ4v) is 4.15.